The van der Waals surface area contributed by atoms with E-state index in [0.717, 1.165) is 21.5 Å². The van der Waals surface area contributed by atoms with Crippen LogP contribution in [-0.4, -0.2) is 23.4 Å². The van der Waals surface area contributed by atoms with Crippen molar-refractivity contribution in [2.24, 2.45) is 0 Å². The molecule has 0 atom stereocenters. The quantitative estimate of drug-likeness (QED) is 0.740. The van der Waals surface area contributed by atoms with Crippen molar-refractivity contribution in [3.05, 3.63) is 40.4 Å². The number of phenolic OH excluding ortho intramolecular Hbond substituents is 2. The van der Waals surface area contributed by atoms with Gasteiger partial charge >= 0.3 is 0 Å². The predicted molar refractivity (Wildman–Crippen MR) is 82.2 cm³/mol. The van der Waals surface area contributed by atoms with Crippen LogP contribution in [0.4, 0.5) is 5.69 Å². The van der Waals surface area contributed by atoms with Crippen LogP contribution < -0.4 is 14.8 Å². The number of hydrogen-bond donors (Lipinski definition) is 3. The third-order valence-corrected chi connectivity index (χ3v) is 3.81. The molecular weight excluding hydrogens is 338 g/mol. The molecule has 0 aromatic heterocycles. The van der Waals surface area contributed by atoms with Gasteiger partial charge in [-0.25, -0.2) is 0 Å². The fourth-order valence-corrected chi connectivity index (χ4v) is 2.54. The smallest absolute Gasteiger partial charge is 0.163 e. The van der Waals surface area contributed by atoms with Crippen molar-refractivity contribution in [2.45, 2.75) is 6.54 Å². The van der Waals surface area contributed by atoms with Crippen LogP contribution in [0.2, 0.25) is 0 Å². The van der Waals surface area contributed by atoms with E-state index in [1.165, 1.54) is 12.1 Å². The first kappa shape index (κ1) is 13.9. The minimum atomic E-state index is -0.129. The first-order chi connectivity index (χ1) is 10.1. The molecule has 3 rings (SSSR count). The van der Waals surface area contributed by atoms with Gasteiger partial charge in [-0.15, -0.1) is 0 Å². The second kappa shape index (κ2) is 5.73. The maximum absolute atomic E-state index is 9.49. The van der Waals surface area contributed by atoms with Crippen LogP contribution in [0.3, 0.4) is 0 Å². The van der Waals surface area contributed by atoms with Crippen molar-refractivity contribution in [3.8, 4) is 23.0 Å². The predicted octanol–water partition coefficient (Wildman–Crippen LogP) is 3.24. The van der Waals surface area contributed by atoms with Gasteiger partial charge in [-0.05, 0) is 33.6 Å². The average molecular weight is 352 g/mol. The van der Waals surface area contributed by atoms with Gasteiger partial charge in [-0.1, -0.05) is 6.07 Å². The molecule has 0 spiro atoms. The van der Waals surface area contributed by atoms with Gasteiger partial charge in [0.1, 0.15) is 13.2 Å². The highest BCUT2D eigenvalue weighted by atomic mass is 79.9. The van der Waals surface area contributed by atoms with Crippen molar-refractivity contribution < 1.29 is 19.7 Å². The highest BCUT2D eigenvalue weighted by Crippen LogP contribution is 2.38. The van der Waals surface area contributed by atoms with Crippen molar-refractivity contribution >= 4 is 21.6 Å². The summed E-state index contributed by atoms with van der Waals surface area (Å²) in [5.74, 6) is 1.18. The number of rotatable bonds is 3. The van der Waals surface area contributed by atoms with Gasteiger partial charge in [0.25, 0.3) is 0 Å². The number of hydrogen-bond acceptors (Lipinski definition) is 5. The van der Waals surface area contributed by atoms with Crippen LogP contribution in [0.25, 0.3) is 0 Å². The molecule has 1 aliphatic heterocycles. The fraction of sp³-hybridized carbons (Fsp3) is 0.200. The normalized spacial score (nSPS) is 13.0. The molecular formula is C15H14BrNO4. The number of phenols is 2. The lowest BCUT2D eigenvalue weighted by Gasteiger charge is -2.20. The molecule has 0 unspecified atom stereocenters. The summed E-state index contributed by atoms with van der Waals surface area (Å²) < 4.78 is 11.9. The zero-order valence-corrected chi connectivity index (χ0v) is 12.7. The maximum Gasteiger partial charge on any atom is 0.163 e. The molecule has 0 saturated heterocycles. The molecule has 1 heterocycles. The zero-order valence-electron chi connectivity index (χ0n) is 11.1. The lowest BCUT2D eigenvalue weighted by Crippen LogP contribution is -2.15. The van der Waals surface area contributed by atoms with E-state index in [4.69, 9.17) is 9.47 Å². The first-order valence-electron chi connectivity index (χ1n) is 6.47. The van der Waals surface area contributed by atoms with Gasteiger partial charge < -0.3 is 25.0 Å². The summed E-state index contributed by atoms with van der Waals surface area (Å²) in [6.45, 7) is 1.60. The molecule has 0 amide bonds. The minimum Gasteiger partial charge on any atom is -0.504 e. The molecule has 0 radical (unpaired) electrons. The monoisotopic (exact) mass is 351 g/mol. The summed E-state index contributed by atoms with van der Waals surface area (Å²) in [6, 6.07) is 8.47. The Morgan fingerprint density at radius 2 is 1.71 bits per heavy atom. The van der Waals surface area contributed by atoms with E-state index < -0.39 is 0 Å². The van der Waals surface area contributed by atoms with Gasteiger partial charge in [0.15, 0.2) is 23.0 Å². The van der Waals surface area contributed by atoms with Gasteiger partial charge in [-0.2, -0.15) is 0 Å². The lowest BCUT2D eigenvalue weighted by atomic mass is 10.2. The van der Waals surface area contributed by atoms with Crippen molar-refractivity contribution in [1.29, 1.82) is 0 Å². The summed E-state index contributed by atoms with van der Waals surface area (Å²) >= 11 is 3.49. The topological polar surface area (TPSA) is 71.0 Å². The van der Waals surface area contributed by atoms with Gasteiger partial charge in [0.2, 0.25) is 0 Å². The highest BCUT2D eigenvalue weighted by molar-refractivity contribution is 9.10. The Kier molecular flexibility index (Phi) is 3.79. The largest absolute Gasteiger partial charge is 0.504 e. The van der Waals surface area contributed by atoms with E-state index in [0.29, 0.717) is 25.5 Å². The number of anilines is 1. The molecule has 0 saturated carbocycles. The second-order valence-corrected chi connectivity index (χ2v) is 5.51. The Morgan fingerprint density at radius 1 is 1.00 bits per heavy atom. The molecule has 21 heavy (non-hydrogen) atoms. The molecule has 0 bridgehead atoms. The van der Waals surface area contributed by atoms with Gasteiger partial charge in [-0.3, -0.25) is 0 Å². The van der Waals surface area contributed by atoms with Crippen LogP contribution >= 0.6 is 15.9 Å². The van der Waals surface area contributed by atoms with Gasteiger partial charge in [0, 0.05) is 23.2 Å². The molecule has 5 nitrogen and oxygen atoms in total. The Bertz CT molecular complexity index is 675. The Balaban J connectivity index is 1.77. The van der Waals surface area contributed by atoms with E-state index in [1.54, 1.807) is 6.07 Å². The molecule has 0 aliphatic carbocycles. The highest BCUT2D eigenvalue weighted by Gasteiger charge is 2.14. The van der Waals surface area contributed by atoms with E-state index >= 15 is 0 Å². The van der Waals surface area contributed by atoms with Crippen molar-refractivity contribution in [1.82, 2.24) is 0 Å². The van der Waals surface area contributed by atoms with Crippen LogP contribution in [0.15, 0.2) is 34.8 Å². The molecule has 2 aromatic rings. The molecule has 2 aromatic carbocycles. The number of fused-ring (bicyclic) bond motifs is 1. The average Bonchev–Trinajstić information content (AvgIpc) is 2.48. The SMILES string of the molecule is Oc1ccc(CNc2cc3c(cc2Br)OCCO3)cc1O. The Morgan fingerprint density at radius 3 is 2.43 bits per heavy atom. The van der Waals surface area contributed by atoms with Crippen molar-refractivity contribution in [3.63, 3.8) is 0 Å². The Hall–Kier alpha value is -2.08. The van der Waals surface area contributed by atoms with E-state index in [1.807, 2.05) is 12.1 Å². The van der Waals surface area contributed by atoms with Crippen LogP contribution in [0.5, 0.6) is 23.0 Å². The molecule has 0 fully saturated rings. The molecule has 1 aliphatic rings. The Labute approximate surface area is 130 Å². The lowest BCUT2D eigenvalue weighted by molar-refractivity contribution is 0.171. The standard InChI is InChI=1S/C15H14BrNO4/c16-10-6-14-15(21-4-3-20-14)7-11(10)17-8-9-1-2-12(18)13(19)5-9/h1-2,5-7,17-19H,3-4,8H2. The van der Waals surface area contributed by atoms with Crippen LogP contribution in [0, 0.1) is 0 Å². The van der Waals surface area contributed by atoms with E-state index in [9.17, 15) is 10.2 Å². The van der Waals surface area contributed by atoms with E-state index in [2.05, 4.69) is 21.2 Å². The van der Waals surface area contributed by atoms with Gasteiger partial charge in [0.05, 0.1) is 5.69 Å². The molecule has 6 heteroatoms. The maximum atomic E-state index is 9.49. The number of aromatic hydroxyl groups is 2. The number of benzene rings is 2. The first-order valence-corrected chi connectivity index (χ1v) is 7.26. The second-order valence-electron chi connectivity index (χ2n) is 4.65. The molecule has 3 N–H and O–H groups in total. The number of nitrogens with one attached hydrogen (secondary N) is 1. The van der Waals surface area contributed by atoms with Crippen molar-refractivity contribution in [2.75, 3.05) is 18.5 Å². The van der Waals surface area contributed by atoms with Crippen LogP contribution in [0.1, 0.15) is 5.56 Å². The number of ether oxygens (including phenoxy) is 2. The summed E-state index contributed by atoms with van der Waals surface area (Å²) in [7, 11) is 0. The summed E-state index contributed by atoms with van der Waals surface area (Å²) in [5, 5.41) is 22.0. The summed E-state index contributed by atoms with van der Waals surface area (Å²) in [6.07, 6.45) is 0. The van der Waals surface area contributed by atoms with E-state index in [-0.39, 0.29) is 11.5 Å². The number of halogens is 1. The van der Waals surface area contributed by atoms with Crippen LogP contribution in [-0.2, 0) is 6.54 Å². The summed E-state index contributed by atoms with van der Waals surface area (Å²) in [5.41, 5.74) is 1.72. The zero-order chi connectivity index (χ0) is 14.8. The molecule has 110 valence electrons. The third-order valence-electron chi connectivity index (χ3n) is 3.15. The fourth-order valence-electron chi connectivity index (χ4n) is 2.08. The summed E-state index contributed by atoms with van der Waals surface area (Å²) in [4.78, 5) is 0. The minimum absolute atomic E-state index is 0.126. The third kappa shape index (κ3) is 3.00.